The highest BCUT2D eigenvalue weighted by Gasteiger charge is 2.43. The number of non-ortho nitro benzene ring substituents is 2. The van der Waals surface area contributed by atoms with Gasteiger partial charge in [0.1, 0.15) is 5.75 Å². The molecule has 6 rings (SSSR count). The number of pyridine rings is 1. The number of ether oxygens (including phenoxy) is 1. The van der Waals surface area contributed by atoms with Gasteiger partial charge in [-0.1, -0.05) is 6.08 Å². The first-order valence-electron chi connectivity index (χ1n) is 12.3. The van der Waals surface area contributed by atoms with E-state index >= 15 is 0 Å². The summed E-state index contributed by atoms with van der Waals surface area (Å²) in [7, 11) is 1.58. The van der Waals surface area contributed by atoms with Crippen molar-refractivity contribution in [3.63, 3.8) is 0 Å². The molecule has 2 bridgehead atoms. The molecule has 5 atom stereocenters. The second kappa shape index (κ2) is 10.2. The number of carbonyl (C=O) groups is 1. The Morgan fingerprint density at radius 3 is 2.53 bits per heavy atom. The van der Waals surface area contributed by atoms with Crippen molar-refractivity contribution in [1.82, 2.24) is 15.2 Å². The number of nitro groups is 2. The van der Waals surface area contributed by atoms with Crippen LogP contribution in [0.2, 0.25) is 0 Å². The minimum Gasteiger partial charge on any atom is -0.497 e. The Hall–Kier alpha value is -4.38. The molecule has 3 aliphatic rings. The van der Waals surface area contributed by atoms with Crippen molar-refractivity contribution in [3.05, 3.63) is 92.7 Å². The summed E-state index contributed by atoms with van der Waals surface area (Å²) >= 11 is 0. The highest BCUT2D eigenvalue weighted by atomic mass is 16.6. The van der Waals surface area contributed by atoms with Crippen LogP contribution in [0, 0.1) is 32.1 Å². The Labute approximate surface area is 218 Å². The van der Waals surface area contributed by atoms with Crippen LogP contribution in [-0.4, -0.2) is 51.9 Å². The lowest BCUT2D eigenvalue weighted by Gasteiger charge is -2.51. The van der Waals surface area contributed by atoms with Crippen LogP contribution < -0.4 is 10.1 Å². The normalized spacial score (nSPS) is 23.0. The van der Waals surface area contributed by atoms with Crippen LogP contribution in [0.5, 0.6) is 5.75 Å². The Kier molecular flexibility index (Phi) is 6.77. The van der Waals surface area contributed by atoms with Gasteiger partial charge < -0.3 is 10.1 Å². The van der Waals surface area contributed by atoms with Crippen molar-refractivity contribution in [1.29, 1.82) is 0 Å². The molecule has 2 aromatic carbocycles. The summed E-state index contributed by atoms with van der Waals surface area (Å²) in [4.78, 5) is 41.7. The number of nitrogens with zero attached hydrogens (tertiary/aromatic N) is 4. The van der Waals surface area contributed by atoms with E-state index in [9.17, 15) is 25.0 Å². The summed E-state index contributed by atoms with van der Waals surface area (Å²) in [6.07, 6.45) is 5.54. The van der Waals surface area contributed by atoms with Gasteiger partial charge in [-0.25, -0.2) is 0 Å². The Morgan fingerprint density at radius 1 is 1.18 bits per heavy atom. The SMILES string of the molecule is C=C[C@H]1CN2CC[C@H]1C[C@H]2[C@H](NC(=O)c1cc([N+](=O)[O-])cc([N+](=O)[O-])c1)c1ccnc2ccc(OC)cc12. The maximum Gasteiger partial charge on any atom is 0.277 e. The second-order valence-corrected chi connectivity index (χ2v) is 9.73. The minimum absolute atomic E-state index is 0.0561. The van der Waals surface area contributed by atoms with Gasteiger partial charge in [0.15, 0.2) is 0 Å². The van der Waals surface area contributed by atoms with E-state index in [1.165, 1.54) is 0 Å². The molecular weight excluding hydrogens is 490 g/mol. The molecule has 3 fully saturated rings. The number of benzene rings is 2. The maximum absolute atomic E-state index is 13.6. The number of nitrogens with one attached hydrogen (secondary N) is 1. The molecule has 1 N–H and O–H groups in total. The van der Waals surface area contributed by atoms with Gasteiger partial charge in [-0.2, -0.15) is 0 Å². The molecule has 3 aromatic rings. The van der Waals surface area contributed by atoms with Crippen LogP contribution in [0.25, 0.3) is 10.9 Å². The number of hydrogen-bond donors (Lipinski definition) is 1. The van der Waals surface area contributed by atoms with E-state index in [1.54, 1.807) is 13.3 Å². The Morgan fingerprint density at radius 2 is 1.92 bits per heavy atom. The average molecular weight is 518 g/mol. The molecule has 11 heteroatoms. The molecule has 0 aliphatic carbocycles. The number of rotatable bonds is 8. The Balaban J connectivity index is 1.59. The average Bonchev–Trinajstić information content (AvgIpc) is 2.95. The molecule has 1 aromatic heterocycles. The van der Waals surface area contributed by atoms with E-state index in [1.807, 2.05) is 30.3 Å². The first-order chi connectivity index (χ1) is 18.3. The topological polar surface area (TPSA) is 141 Å². The predicted octanol–water partition coefficient (Wildman–Crippen LogP) is 4.43. The number of piperidine rings is 3. The van der Waals surface area contributed by atoms with E-state index in [4.69, 9.17) is 4.74 Å². The summed E-state index contributed by atoms with van der Waals surface area (Å²) in [6, 6.07) is 9.80. The van der Waals surface area contributed by atoms with Gasteiger partial charge in [-0.3, -0.25) is 34.9 Å². The van der Waals surface area contributed by atoms with Gasteiger partial charge in [0.05, 0.1) is 40.1 Å². The first kappa shape index (κ1) is 25.3. The van der Waals surface area contributed by atoms with Gasteiger partial charge in [-0.05, 0) is 61.1 Å². The van der Waals surface area contributed by atoms with Crippen molar-refractivity contribution >= 4 is 28.2 Å². The highest BCUT2D eigenvalue weighted by Crippen LogP contribution is 2.42. The molecule has 0 spiro atoms. The third-order valence-corrected chi connectivity index (χ3v) is 7.73. The highest BCUT2D eigenvalue weighted by molar-refractivity contribution is 5.96. The van der Waals surface area contributed by atoms with Gasteiger partial charge in [-0.15, -0.1) is 6.58 Å². The number of nitro benzene ring substituents is 2. The van der Waals surface area contributed by atoms with E-state index in [2.05, 4.69) is 21.8 Å². The Bertz CT molecular complexity index is 1410. The van der Waals surface area contributed by atoms with Gasteiger partial charge in [0.25, 0.3) is 17.3 Å². The molecule has 196 valence electrons. The summed E-state index contributed by atoms with van der Waals surface area (Å²) < 4.78 is 5.44. The second-order valence-electron chi connectivity index (χ2n) is 9.73. The van der Waals surface area contributed by atoms with Crippen molar-refractivity contribution < 1.29 is 19.4 Å². The smallest absolute Gasteiger partial charge is 0.277 e. The van der Waals surface area contributed by atoms with Crippen LogP contribution in [0.15, 0.2) is 61.3 Å². The fraction of sp³-hybridized carbons (Fsp3) is 0.333. The molecule has 3 saturated heterocycles. The number of fused-ring (bicyclic) bond motifs is 4. The fourth-order valence-electron chi connectivity index (χ4n) is 5.81. The van der Waals surface area contributed by atoms with Crippen LogP contribution in [-0.2, 0) is 0 Å². The molecule has 38 heavy (non-hydrogen) atoms. The number of hydrogen-bond acceptors (Lipinski definition) is 8. The molecule has 4 heterocycles. The zero-order chi connectivity index (χ0) is 27.0. The van der Waals surface area contributed by atoms with Gasteiger partial charge >= 0.3 is 0 Å². The number of aromatic nitrogens is 1. The van der Waals surface area contributed by atoms with Gasteiger partial charge in [0, 0.05) is 36.3 Å². The van der Waals surface area contributed by atoms with Crippen LogP contribution in [0.4, 0.5) is 11.4 Å². The molecule has 0 saturated carbocycles. The molecule has 11 nitrogen and oxygen atoms in total. The number of amides is 1. The van der Waals surface area contributed by atoms with E-state index < -0.39 is 33.2 Å². The predicted molar refractivity (Wildman–Crippen MR) is 140 cm³/mol. The summed E-state index contributed by atoms with van der Waals surface area (Å²) in [5.74, 6) is 0.800. The molecular formula is C27H27N5O6. The van der Waals surface area contributed by atoms with E-state index in [-0.39, 0.29) is 11.6 Å². The lowest BCUT2D eigenvalue weighted by Crippen LogP contribution is -2.57. The monoisotopic (exact) mass is 517 g/mol. The molecule has 3 aliphatic heterocycles. The van der Waals surface area contributed by atoms with E-state index in [0.717, 1.165) is 60.6 Å². The lowest BCUT2D eigenvalue weighted by atomic mass is 9.73. The minimum atomic E-state index is -0.745. The third-order valence-electron chi connectivity index (χ3n) is 7.73. The number of methoxy groups -OCH3 is 1. The zero-order valence-corrected chi connectivity index (χ0v) is 20.8. The van der Waals surface area contributed by atoms with Crippen molar-refractivity contribution in [2.75, 3.05) is 20.2 Å². The standard InChI is InChI=1S/C27H27N5O6/c1-3-16-15-30-9-7-17(16)12-25(30)26(22-6-8-28-24-5-4-21(38-2)14-23(22)24)29-27(33)18-10-19(31(34)35)13-20(11-18)32(36)37/h3-6,8,10-11,13-14,16-17,25-26H,1,7,9,12,15H2,2H3,(H,29,33)/t16-,17-,25-,26+/m0/s1. The fourth-order valence-corrected chi connectivity index (χ4v) is 5.81. The quantitative estimate of drug-likeness (QED) is 0.263. The van der Waals surface area contributed by atoms with Crippen molar-refractivity contribution in [3.8, 4) is 5.75 Å². The summed E-state index contributed by atoms with van der Waals surface area (Å²) in [5.41, 5.74) is 0.374. The van der Waals surface area contributed by atoms with Gasteiger partial charge in [0.2, 0.25) is 0 Å². The van der Waals surface area contributed by atoms with Crippen molar-refractivity contribution in [2.24, 2.45) is 11.8 Å². The third kappa shape index (κ3) is 4.68. The van der Waals surface area contributed by atoms with Crippen LogP contribution >= 0.6 is 0 Å². The van der Waals surface area contributed by atoms with E-state index in [0.29, 0.717) is 17.6 Å². The molecule has 1 unspecified atom stereocenters. The zero-order valence-electron chi connectivity index (χ0n) is 20.8. The molecule has 1 amide bonds. The maximum atomic E-state index is 13.6. The van der Waals surface area contributed by atoms with Crippen molar-refractivity contribution in [2.45, 2.75) is 24.9 Å². The van der Waals surface area contributed by atoms with Crippen LogP contribution in [0.3, 0.4) is 0 Å². The molecule has 0 radical (unpaired) electrons. The summed E-state index contributed by atoms with van der Waals surface area (Å²) in [5, 5.41) is 26.7. The lowest BCUT2D eigenvalue weighted by molar-refractivity contribution is -0.394. The summed E-state index contributed by atoms with van der Waals surface area (Å²) in [6.45, 7) is 5.69. The first-order valence-corrected chi connectivity index (χ1v) is 12.3. The van der Waals surface area contributed by atoms with Crippen LogP contribution in [0.1, 0.15) is 34.8 Å². The number of carbonyl (C=O) groups excluding carboxylic acids is 1. The largest absolute Gasteiger partial charge is 0.497 e.